The molecule has 0 nitrogen and oxygen atoms in total. The third-order valence-corrected chi connectivity index (χ3v) is 5.92. The van der Waals surface area contributed by atoms with Crippen LogP contribution in [0.15, 0.2) is 104 Å². The van der Waals surface area contributed by atoms with Gasteiger partial charge in [-0.2, -0.15) is 0 Å². The lowest BCUT2D eigenvalue weighted by Gasteiger charge is -2.10. The molecule has 0 radical (unpaired) electrons. The molecule has 0 spiro atoms. The van der Waals surface area contributed by atoms with Gasteiger partial charge in [-0.3, -0.25) is 0 Å². The van der Waals surface area contributed by atoms with Gasteiger partial charge in [-0.05, 0) is 36.4 Å². The first-order valence-electron chi connectivity index (χ1n) is 6.98. The second-order valence-corrected chi connectivity index (χ2v) is 6.96. The van der Waals surface area contributed by atoms with E-state index in [1.54, 1.807) is 0 Å². The normalized spacial score (nSPS) is 9.32. The quantitative estimate of drug-likeness (QED) is 0.476. The van der Waals surface area contributed by atoms with Gasteiger partial charge in [0.15, 0.2) is 0 Å². The molecule has 112 valence electrons. The van der Waals surface area contributed by atoms with E-state index in [1.807, 2.05) is 0 Å². The minimum absolute atomic E-state index is 0. The molecule has 3 rings (SSSR count). The first-order chi connectivity index (χ1) is 10.4. The summed E-state index contributed by atoms with van der Waals surface area (Å²) in [5.74, 6) is 0. The van der Waals surface area contributed by atoms with Crippen LogP contribution in [0.3, 0.4) is 0 Å². The van der Waals surface area contributed by atoms with Crippen molar-refractivity contribution < 1.29 is 17.0 Å². The predicted octanol–water partition coefficient (Wildman–Crippen LogP) is 0.983. The van der Waals surface area contributed by atoms with Gasteiger partial charge in [0.2, 0.25) is 0 Å². The van der Waals surface area contributed by atoms with Crippen LogP contribution in [0.5, 0.6) is 0 Å². The zero-order valence-electron chi connectivity index (χ0n) is 12.5. The highest BCUT2D eigenvalue weighted by molar-refractivity contribution is 7.79. The molecule has 0 aliphatic rings. The molecular formula is C20H20BrP. The summed E-state index contributed by atoms with van der Waals surface area (Å²) in [7, 11) is -0.877. The smallest absolute Gasteiger partial charge is 0.102 e. The lowest BCUT2D eigenvalue weighted by Crippen LogP contribution is -3.00. The number of benzene rings is 3. The zero-order valence-corrected chi connectivity index (χ0v) is 15.0. The Labute approximate surface area is 145 Å². The Hall–Kier alpha value is -1.69. The van der Waals surface area contributed by atoms with E-state index >= 15 is 0 Å². The Kier molecular flexibility index (Phi) is 8.43. The first-order valence-corrected chi connectivity index (χ1v) is 8.48. The average molecular weight is 371 g/mol. The van der Waals surface area contributed by atoms with Crippen LogP contribution in [-0.2, 0) is 0 Å². The van der Waals surface area contributed by atoms with Crippen LogP contribution in [0.25, 0.3) is 0 Å². The Bertz CT molecular complexity index is 544. The van der Waals surface area contributed by atoms with Gasteiger partial charge >= 0.3 is 0 Å². The molecule has 0 fully saturated rings. The van der Waals surface area contributed by atoms with Crippen LogP contribution >= 0.6 is 7.92 Å². The molecule has 0 aliphatic carbocycles. The summed E-state index contributed by atoms with van der Waals surface area (Å²) >= 11 is 0. The van der Waals surface area contributed by atoms with E-state index in [9.17, 15) is 0 Å². The molecule has 0 aliphatic heterocycles. The molecule has 22 heavy (non-hydrogen) atoms. The van der Waals surface area contributed by atoms with Gasteiger partial charge in [0.25, 0.3) is 0 Å². The summed E-state index contributed by atoms with van der Waals surface area (Å²) in [6, 6.07) is 32.5. The maximum Gasteiger partial charge on any atom is 0.102 e. The third-order valence-electron chi connectivity index (χ3n) is 3.19. The van der Waals surface area contributed by atoms with Crippen LogP contribution in [0.1, 0.15) is 0 Å². The fourth-order valence-electron chi connectivity index (χ4n) is 2.31. The highest BCUT2D eigenvalue weighted by Crippen LogP contribution is 2.32. The van der Waals surface area contributed by atoms with Crippen molar-refractivity contribution in [2.45, 2.75) is 0 Å². The van der Waals surface area contributed by atoms with Gasteiger partial charge in [0.05, 0.1) is 7.92 Å². The summed E-state index contributed by atoms with van der Waals surface area (Å²) in [6.45, 7) is 6.00. The van der Waals surface area contributed by atoms with E-state index in [0.29, 0.717) is 0 Å². The molecule has 0 atom stereocenters. The van der Waals surface area contributed by atoms with E-state index in [4.69, 9.17) is 0 Å². The molecule has 0 heterocycles. The standard InChI is InChI=1S/C18H15P.C2H4.BrH/c1-4-10-16(11-5-1)19(17-12-6-2-7-13-17)18-14-8-3-9-15-18;1-2;/h1-15H;1-2H2;1H. The van der Waals surface area contributed by atoms with Crippen LogP contribution in [0.4, 0.5) is 0 Å². The average Bonchev–Trinajstić information content (AvgIpc) is 2.60. The van der Waals surface area contributed by atoms with Gasteiger partial charge in [0.1, 0.15) is 15.9 Å². The largest absolute Gasteiger partial charge is 1.00 e. The fraction of sp³-hybridized carbons (Fsp3) is 0. The van der Waals surface area contributed by atoms with Crippen molar-refractivity contribution in [3.05, 3.63) is 104 Å². The molecule has 0 N–H and O–H groups in total. The van der Waals surface area contributed by atoms with Crippen LogP contribution in [0, 0.1) is 0 Å². The molecule has 0 saturated heterocycles. The molecule has 3 aromatic rings. The lowest BCUT2D eigenvalue weighted by atomic mass is 10.4. The van der Waals surface area contributed by atoms with Gasteiger partial charge in [-0.25, -0.2) is 0 Å². The van der Waals surface area contributed by atoms with Crippen molar-refractivity contribution in [1.82, 2.24) is 0 Å². The van der Waals surface area contributed by atoms with Crippen molar-refractivity contribution in [2.75, 3.05) is 0 Å². The maximum absolute atomic E-state index is 3.00. The second kappa shape index (κ2) is 10.1. The Balaban J connectivity index is 0.000000775. The minimum atomic E-state index is -0.877. The first kappa shape index (κ1) is 18.4. The highest BCUT2D eigenvalue weighted by atomic mass is 79.9. The third kappa shape index (κ3) is 4.66. The number of halogens is 1. The van der Waals surface area contributed by atoms with E-state index < -0.39 is 7.92 Å². The maximum atomic E-state index is 3.00. The molecule has 0 bridgehead atoms. The van der Waals surface area contributed by atoms with Crippen molar-refractivity contribution >= 4 is 23.8 Å². The summed E-state index contributed by atoms with van der Waals surface area (Å²) < 4.78 is 0. The van der Waals surface area contributed by atoms with Crippen molar-refractivity contribution in [2.24, 2.45) is 0 Å². The molecular weight excluding hydrogens is 351 g/mol. The predicted molar refractivity (Wildman–Crippen MR) is 97.8 cm³/mol. The van der Waals surface area contributed by atoms with Crippen molar-refractivity contribution in [3.63, 3.8) is 0 Å². The van der Waals surface area contributed by atoms with Crippen LogP contribution in [0.2, 0.25) is 0 Å². The fourth-order valence-corrected chi connectivity index (χ4v) is 4.89. The van der Waals surface area contributed by atoms with Crippen LogP contribution < -0.4 is 32.9 Å². The van der Waals surface area contributed by atoms with Gasteiger partial charge < -0.3 is 17.0 Å². The topological polar surface area (TPSA) is 0 Å². The second-order valence-electron chi connectivity index (χ2n) is 4.47. The molecule has 0 unspecified atom stereocenters. The Morgan fingerprint density at radius 2 is 0.682 bits per heavy atom. The van der Waals surface area contributed by atoms with E-state index in [0.717, 1.165) is 0 Å². The number of hydrogen-bond acceptors (Lipinski definition) is 0. The van der Waals surface area contributed by atoms with E-state index in [-0.39, 0.29) is 17.0 Å². The summed E-state index contributed by atoms with van der Waals surface area (Å²) in [5, 5.41) is 4.31. The van der Waals surface area contributed by atoms with Gasteiger partial charge in [-0.1, -0.05) is 54.6 Å². The Morgan fingerprint density at radius 1 is 0.455 bits per heavy atom. The molecule has 3 aromatic carbocycles. The molecule has 0 saturated carbocycles. The highest BCUT2D eigenvalue weighted by Gasteiger charge is 2.24. The SMILES string of the molecule is C=C.[Br-].c1ccc([PH+](c2ccccc2)c2ccccc2)cc1. The number of rotatable bonds is 3. The Morgan fingerprint density at radius 3 is 0.909 bits per heavy atom. The van der Waals surface area contributed by atoms with Crippen LogP contribution in [-0.4, -0.2) is 0 Å². The number of hydrogen-bond donors (Lipinski definition) is 0. The summed E-state index contributed by atoms with van der Waals surface area (Å²) in [5.41, 5.74) is 0. The van der Waals surface area contributed by atoms with E-state index in [1.165, 1.54) is 15.9 Å². The lowest BCUT2D eigenvalue weighted by molar-refractivity contribution is -0.00000405. The van der Waals surface area contributed by atoms with E-state index in [2.05, 4.69) is 104 Å². The molecule has 0 aromatic heterocycles. The van der Waals surface area contributed by atoms with Gasteiger partial charge in [-0.15, -0.1) is 13.2 Å². The van der Waals surface area contributed by atoms with Crippen molar-refractivity contribution in [3.8, 4) is 0 Å². The molecule has 2 heteroatoms. The molecule has 0 amide bonds. The monoisotopic (exact) mass is 370 g/mol. The van der Waals surface area contributed by atoms with Crippen molar-refractivity contribution in [1.29, 1.82) is 0 Å². The zero-order chi connectivity index (χ0) is 14.9. The summed E-state index contributed by atoms with van der Waals surface area (Å²) in [6.07, 6.45) is 0. The minimum Gasteiger partial charge on any atom is -1.00 e. The van der Waals surface area contributed by atoms with Gasteiger partial charge in [0, 0.05) is 0 Å². The summed E-state index contributed by atoms with van der Waals surface area (Å²) in [4.78, 5) is 0.